The Morgan fingerprint density at radius 1 is 1.38 bits per heavy atom. The fourth-order valence-corrected chi connectivity index (χ4v) is 2.11. The number of hydrogen-bond donors (Lipinski definition) is 0. The molecule has 0 fully saturated rings. The molecule has 0 amide bonds. The summed E-state index contributed by atoms with van der Waals surface area (Å²) in [5, 5.41) is 1.23. The van der Waals surface area contributed by atoms with Crippen LogP contribution >= 0.6 is 0 Å². The Kier molecular flexibility index (Phi) is 1.99. The fourth-order valence-electron chi connectivity index (χ4n) is 2.11. The number of aliphatic imine (C=N–C) groups is 1. The molecular formula is C13H14N2O. The second-order valence-electron chi connectivity index (χ2n) is 4.22. The van der Waals surface area contributed by atoms with Crippen LogP contribution in [-0.2, 0) is 11.8 Å². The summed E-state index contributed by atoms with van der Waals surface area (Å²) in [7, 11) is 2.05. The van der Waals surface area contributed by atoms with Gasteiger partial charge in [0.05, 0.1) is 6.54 Å². The van der Waals surface area contributed by atoms with Crippen LogP contribution < -0.4 is 0 Å². The van der Waals surface area contributed by atoms with Crippen LogP contribution in [0.3, 0.4) is 0 Å². The highest BCUT2D eigenvalue weighted by Crippen LogP contribution is 2.21. The fraction of sp³-hybridized carbons (Fsp3) is 0.308. The van der Waals surface area contributed by atoms with Crippen molar-refractivity contribution in [2.75, 3.05) is 6.54 Å². The molecule has 1 aromatic heterocycles. The van der Waals surface area contributed by atoms with Crippen molar-refractivity contribution in [1.29, 1.82) is 0 Å². The highest BCUT2D eigenvalue weighted by Gasteiger charge is 2.20. The lowest BCUT2D eigenvalue weighted by Crippen LogP contribution is -2.11. The minimum atomic E-state index is 0.202. The molecule has 3 rings (SSSR count). The van der Waals surface area contributed by atoms with Crippen LogP contribution in [0.5, 0.6) is 0 Å². The van der Waals surface area contributed by atoms with Gasteiger partial charge in [-0.05, 0) is 19.1 Å². The Hall–Kier alpha value is -1.77. The zero-order chi connectivity index (χ0) is 11.1. The minimum Gasteiger partial charge on any atom is -0.471 e. The molecule has 1 aliphatic heterocycles. The normalized spacial score (nSPS) is 19.9. The van der Waals surface area contributed by atoms with Crippen LogP contribution in [0.1, 0.15) is 12.6 Å². The number of benzene rings is 1. The van der Waals surface area contributed by atoms with Gasteiger partial charge in [0.25, 0.3) is 0 Å². The van der Waals surface area contributed by atoms with E-state index in [1.54, 1.807) is 0 Å². The van der Waals surface area contributed by atoms with E-state index in [9.17, 15) is 0 Å². The van der Waals surface area contributed by atoms with Crippen molar-refractivity contribution in [2.24, 2.45) is 12.0 Å². The number of para-hydroxylation sites is 1. The van der Waals surface area contributed by atoms with Crippen molar-refractivity contribution in [3.05, 3.63) is 36.0 Å². The second-order valence-corrected chi connectivity index (χ2v) is 4.22. The first-order valence-corrected chi connectivity index (χ1v) is 5.51. The maximum atomic E-state index is 5.69. The summed E-state index contributed by atoms with van der Waals surface area (Å²) in [6.07, 6.45) is 0.202. The first kappa shape index (κ1) is 9.46. The molecule has 1 aliphatic rings. The second kappa shape index (κ2) is 3.37. The molecular weight excluding hydrogens is 200 g/mol. The molecule has 1 aromatic carbocycles. The van der Waals surface area contributed by atoms with Gasteiger partial charge in [0.1, 0.15) is 11.8 Å². The van der Waals surface area contributed by atoms with Crippen LogP contribution in [0.4, 0.5) is 0 Å². The van der Waals surface area contributed by atoms with Gasteiger partial charge in [0.2, 0.25) is 5.90 Å². The molecule has 1 atom stereocenters. The number of rotatable bonds is 1. The molecule has 2 aromatic rings. The average molecular weight is 214 g/mol. The van der Waals surface area contributed by atoms with Crippen LogP contribution in [0.15, 0.2) is 35.3 Å². The van der Waals surface area contributed by atoms with Crippen molar-refractivity contribution in [3.8, 4) is 0 Å². The summed E-state index contributed by atoms with van der Waals surface area (Å²) in [5.41, 5.74) is 2.27. The molecule has 3 nitrogen and oxygen atoms in total. The standard InChI is InChI=1S/C13H14N2O/c1-9-8-14-13(16-9)12-7-10-5-3-4-6-11(10)15(12)2/h3-7,9H,8H2,1-2H3. The van der Waals surface area contributed by atoms with Crippen LogP contribution in [-0.4, -0.2) is 23.1 Å². The zero-order valence-electron chi connectivity index (χ0n) is 9.47. The molecule has 0 saturated carbocycles. The molecule has 0 radical (unpaired) electrons. The molecule has 1 unspecified atom stereocenters. The van der Waals surface area contributed by atoms with Gasteiger partial charge >= 0.3 is 0 Å². The summed E-state index contributed by atoms with van der Waals surface area (Å²) >= 11 is 0. The van der Waals surface area contributed by atoms with Crippen molar-refractivity contribution < 1.29 is 4.74 Å². The maximum absolute atomic E-state index is 5.69. The lowest BCUT2D eigenvalue weighted by Gasteiger charge is -2.06. The van der Waals surface area contributed by atoms with E-state index in [0.717, 1.165) is 18.1 Å². The Morgan fingerprint density at radius 2 is 2.19 bits per heavy atom. The lowest BCUT2D eigenvalue weighted by atomic mass is 10.2. The Labute approximate surface area is 94.4 Å². The monoisotopic (exact) mass is 214 g/mol. The Bertz CT molecular complexity index is 568. The van der Waals surface area contributed by atoms with E-state index in [1.807, 2.05) is 26.1 Å². The van der Waals surface area contributed by atoms with Gasteiger partial charge in [-0.3, -0.25) is 0 Å². The summed E-state index contributed by atoms with van der Waals surface area (Å²) < 4.78 is 7.82. The topological polar surface area (TPSA) is 26.5 Å². The highest BCUT2D eigenvalue weighted by molar-refractivity contribution is 5.99. The summed E-state index contributed by atoms with van der Waals surface area (Å²) in [5.74, 6) is 0.770. The summed E-state index contributed by atoms with van der Waals surface area (Å²) in [6.45, 7) is 2.80. The largest absolute Gasteiger partial charge is 0.471 e. The summed E-state index contributed by atoms with van der Waals surface area (Å²) in [6, 6.07) is 10.4. The quantitative estimate of drug-likeness (QED) is 0.715. The molecule has 0 N–H and O–H groups in total. The number of nitrogens with zero attached hydrogens (tertiary/aromatic N) is 2. The third-order valence-corrected chi connectivity index (χ3v) is 2.98. The number of fused-ring (bicyclic) bond motifs is 1. The van der Waals surface area contributed by atoms with Gasteiger partial charge < -0.3 is 9.30 Å². The molecule has 0 aliphatic carbocycles. The van der Waals surface area contributed by atoms with Gasteiger partial charge in [0.15, 0.2) is 0 Å². The van der Waals surface area contributed by atoms with E-state index >= 15 is 0 Å². The minimum absolute atomic E-state index is 0.202. The smallest absolute Gasteiger partial charge is 0.233 e. The van der Waals surface area contributed by atoms with Gasteiger partial charge in [0, 0.05) is 18.0 Å². The predicted molar refractivity (Wildman–Crippen MR) is 64.9 cm³/mol. The maximum Gasteiger partial charge on any atom is 0.233 e. The highest BCUT2D eigenvalue weighted by atomic mass is 16.5. The number of aromatic nitrogens is 1. The molecule has 2 heterocycles. The van der Waals surface area contributed by atoms with E-state index in [1.165, 1.54) is 10.9 Å². The third-order valence-electron chi connectivity index (χ3n) is 2.98. The Balaban J connectivity index is 2.14. The van der Waals surface area contributed by atoms with Gasteiger partial charge in [-0.15, -0.1) is 0 Å². The van der Waals surface area contributed by atoms with Gasteiger partial charge in [-0.25, -0.2) is 4.99 Å². The lowest BCUT2D eigenvalue weighted by molar-refractivity contribution is 0.245. The molecule has 0 saturated heterocycles. The van der Waals surface area contributed by atoms with E-state index in [-0.39, 0.29) is 6.10 Å². The van der Waals surface area contributed by atoms with Gasteiger partial charge in [-0.2, -0.15) is 0 Å². The molecule has 3 heteroatoms. The van der Waals surface area contributed by atoms with Crippen LogP contribution in [0.25, 0.3) is 10.9 Å². The van der Waals surface area contributed by atoms with Gasteiger partial charge in [-0.1, -0.05) is 18.2 Å². The van der Waals surface area contributed by atoms with Crippen LogP contribution in [0.2, 0.25) is 0 Å². The predicted octanol–water partition coefficient (Wildman–Crippen LogP) is 2.34. The zero-order valence-corrected chi connectivity index (χ0v) is 9.47. The van der Waals surface area contributed by atoms with E-state index in [0.29, 0.717) is 0 Å². The molecule has 16 heavy (non-hydrogen) atoms. The van der Waals surface area contributed by atoms with Crippen molar-refractivity contribution in [2.45, 2.75) is 13.0 Å². The molecule has 0 spiro atoms. The average Bonchev–Trinajstić information content (AvgIpc) is 2.84. The van der Waals surface area contributed by atoms with E-state index < -0.39 is 0 Å². The SMILES string of the molecule is CC1CN=C(c2cc3ccccc3n2C)O1. The van der Waals surface area contributed by atoms with Crippen molar-refractivity contribution >= 4 is 16.8 Å². The molecule has 0 bridgehead atoms. The first-order valence-electron chi connectivity index (χ1n) is 5.51. The van der Waals surface area contributed by atoms with Crippen molar-refractivity contribution in [1.82, 2.24) is 4.57 Å². The number of hydrogen-bond acceptors (Lipinski definition) is 2. The summed E-state index contributed by atoms with van der Waals surface area (Å²) in [4.78, 5) is 4.42. The van der Waals surface area contributed by atoms with Crippen molar-refractivity contribution in [3.63, 3.8) is 0 Å². The van der Waals surface area contributed by atoms with E-state index in [2.05, 4.69) is 27.8 Å². The molecule has 82 valence electrons. The van der Waals surface area contributed by atoms with Crippen LogP contribution in [0, 0.1) is 0 Å². The number of ether oxygens (including phenoxy) is 1. The number of aryl methyl sites for hydroxylation is 1. The Morgan fingerprint density at radius 3 is 2.88 bits per heavy atom. The third kappa shape index (κ3) is 1.32. The first-order chi connectivity index (χ1) is 7.75. The van der Waals surface area contributed by atoms with E-state index in [4.69, 9.17) is 4.74 Å².